The molecule has 6 nitrogen and oxygen atoms in total. The first-order chi connectivity index (χ1) is 13.0. The van der Waals surface area contributed by atoms with E-state index in [4.69, 9.17) is 0 Å². The smallest absolute Gasteiger partial charge is 0.239 e. The summed E-state index contributed by atoms with van der Waals surface area (Å²) in [5.74, 6) is 0.429. The molecule has 27 heavy (non-hydrogen) atoms. The number of aromatic hydroxyl groups is 1. The summed E-state index contributed by atoms with van der Waals surface area (Å²) in [6.45, 7) is 7.34. The number of rotatable bonds is 5. The highest BCUT2D eigenvalue weighted by Gasteiger charge is 2.27. The number of nitrogens with zero attached hydrogens (tertiary/aromatic N) is 4. The Bertz CT molecular complexity index is 787. The SMILES string of the molecule is Cc1cccc(CN(C)[C@@H](C)C(=O)N2CCN(c3ccccc3O)CC2)n1. The van der Waals surface area contributed by atoms with Crippen LogP contribution in [0.25, 0.3) is 0 Å². The summed E-state index contributed by atoms with van der Waals surface area (Å²) >= 11 is 0. The third kappa shape index (κ3) is 4.57. The second kappa shape index (κ2) is 8.39. The van der Waals surface area contributed by atoms with Gasteiger partial charge in [0.15, 0.2) is 0 Å². The molecule has 1 aliphatic heterocycles. The van der Waals surface area contributed by atoms with Crippen molar-refractivity contribution >= 4 is 11.6 Å². The van der Waals surface area contributed by atoms with E-state index in [-0.39, 0.29) is 17.7 Å². The Kier molecular flexibility index (Phi) is 5.96. The van der Waals surface area contributed by atoms with Crippen molar-refractivity contribution in [3.63, 3.8) is 0 Å². The molecule has 1 N–H and O–H groups in total. The number of phenols is 1. The van der Waals surface area contributed by atoms with Crippen LogP contribution in [0, 0.1) is 6.92 Å². The van der Waals surface area contributed by atoms with Gasteiger partial charge < -0.3 is 14.9 Å². The highest BCUT2D eigenvalue weighted by Crippen LogP contribution is 2.27. The lowest BCUT2D eigenvalue weighted by molar-refractivity contribution is -0.136. The predicted molar refractivity (Wildman–Crippen MR) is 107 cm³/mol. The molecule has 1 aliphatic rings. The monoisotopic (exact) mass is 368 g/mol. The third-order valence-corrected chi connectivity index (χ3v) is 5.19. The van der Waals surface area contributed by atoms with E-state index in [1.807, 2.05) is 67.1 Å². The molecule has 1 aromatic heterocycles. The zero-order chi connectivity index (χ0) is 19.4. The Morgan fingerprint density at radius 2 is 1.85 bits per heavy atom. The van der Waals surface area contributed by atoms with Gasteiger partial charge in [-0.2, -0.15) is 0 Å². The fourth-order valence-corrected chi connectivity index (χ4v) is 3.43. The highest BCUT2D eigenvalue weighted by molar-refractivity contribution is 5.81. The first kappa shape index (κ1) is 19.2. The van der Waals surface area contributed by atoms with Crippen molar-refractivity contribution < 1.29 is 9.90 Å². The number of para-hydroxylation sites is 2. The maximum atomic E-state index is 12.9. The number of benzene rings is 1. The number of anilines is 1. The van der Waals surface area contributed by atoms with Crippen molar-refractivity contribution in [1.82, 2.24) is 14.8 Å². The molecule has 6 heteroatoms. The van der Waals surface area contributed by atoms with Crippen molar-refractivity contribution in [3.05, 3.63) is 53.9 Å². The molecule has 2 heterocycles. The van der Waals surface area contributed by atoms with Crippen molar-refractivity contribution in [3.8, 4) is 5.75 Å². The van der Waals surface area contributed by atoms with Crippen LogP contribution < -0.4 is 4.90 Å². The van der Waals surface area contributed by atoms with Gasteiger partial charge in [0.1, 0.15) is 5.75 Å². The van der Waals surface area contributed by atoms with Crippen molar-refractivity contribution in [2.75, 3.05) is 38.1 Å². The van der Waals surface area contributed by atoms with Crippen molar-refractivity contribution in [2.24, 2.45) is 0 Å². The second-order valence-electron chi connectivity index (χ2n) is 7.16. The van der Waals surface area contributed by atoms with Crippen LogP contribution in [-0.4, -0.2) is 65.1 Å². The van der Waals surface area contributed by atoms with E-state index in [2.05, 4.69) is 9.88 Å². The Labute approximate surface area is 161 Å². The number of hydrogen-bond acceptors (Lipinski definition) is 5. The van der Waals surface area contributed by atoms with Crippen LogP contribution in [0.4, 0.5) is 5.69 Å². The summed E-state index contributed by atoms with van der Waals surface area (Å²) in [7, 11) is 1.96. The average molecular weight is 368 g/mol. The van der Waals surface area contributed by atoms with E-state index in [1.54, 1.807) is 6.07 Å². The first-order valence-corrected chi connectivity index (χ1v) is 9.40. The molecule has 0 saturated carbocycles. The van der Waals surface area contributed by atoms with Crippen LogP contribution in [0.1, 0.15) is 18.3 Å². The van der Waals surface area contributed by atoms with E-state index in [9.17, 15) is 9.90 Å². The van der Waals surface area contributed by atoms with Gasteiger partial charge in [0.05, 0.1) is 17.4 Å². The highest BCUT2D eigenvalue weighted by atomic mass is 16.3. The Hall–Kier alpha value is -2.60. The summed E-state index contributed by atoms with van der Waals surface area (Å²) in [5.41, 5.74) is 2.79. The van der Waals surface area contributed by atoms with E-state index in [0.29, 0.717) is 19.6 Å². The quantitative estimate of drug-likeness (QED) is 0.877. The van der Waals surface area contributed by atoms with Gasteiger partial charge >= 0.3 is 0 Å². The molecule has 0 bridgehead atoms. The van der Waals surface area contributed by atoms with Gasteiger partial charge in [-0.05, 0) is 45.2 Å². The van der Waals surface area contributed by atoms with Gasteiger partial charge in [0.2, 0.25) is 5.91 Å². The van der Waals surface area contributed by atoms with E-state index < -0.39 is 0 Å². The zero-order valence-electron chi connectivity index (χ0n) is 16.3. The van der Waals surface area contributed by atoms with Crippen LogP contribution in [0.3, 0.4) is 0 Å². The Morgan fingerprint density at radius 3 is 2.52 bits per heavy atom. The molecule has 1 atom stereocenters. The fraction of sp³-hybridized carbons (Fsp3) is 0.429. The number of carbonyl (C=O) groups is 1. The number of likely N-dealkylation sites (N-methyl/N-ethyl adjacent to an activating group) is 1. The van der Waals surface area contributed by atoms with Crippen LogP contribution in [0.2, 0.25) is 0 Å². The Morgan fingerprint density at radius 1 is 1.15 bits per heavy atom. The molecule has 3 rings (SSSR count). The molecule has 1 saturated heterocycles. The molecule has 1 amide bonds. The summed E-state index contributed by atoms with van der Waals surface area (Å²) in [6.07, 6.45) is 0. The largest absolute Gasteiger partial charge is 0.506 e. The molecule has 2 aromatic rings. The molecular formula is C21H28N4O2. The molecular weight excluding hydrogens is 340 g/mol. The van der Waals surface area contributed by atoms with Gasteiger partial charge in [-0.3, -0.25) is 14.7 Å². The molecule has 0 spiro atoms. The number of aromatic nitrogens is 1. The van der Waals surface area contributed by atoms with Gasteiger partial charge in [0, 0.05) is 38.4 Å². The predicted octanol–water partition coefficient (Wildman–Crippen LogP) is 2.26. The number of hydrogen-bond donors (Lipinski definition) is 1. The minimum Gasteiger partial charge on any atom is -0.506 e. The molecule has 0 radical (unpaired) electrons. The van der Waals surface area contributed by atoms with E-state index in [0.717, 1.165) is 30.2 Å². The number of aryl methyl sites for hydroxylation is 1. The third-order valence-electron chi connectivity index (χ3n) is 5.19. The van der Waals surface area contributed by atoms with E-state index >= 15 is 0 Å². The molecule has 144 valence electrons. The van der Waals surface area contributed by atoms with Gasteiger partial charge in [-0.15, -0.1) is 0 Å². The lowest BCUT2D eigenvalue weighted by Gasteiger charge is -2.38. The average Bonchev–Trinajstić information content (AvgIpc) is 2.67. The molecule has 0 unspecified atom stereocenters. The number of amides is 1. The lowest BCUT2D eigenvalue weighted by Crippen LogP contribution is -2.53. The number of carbonyl (C=O) groups excluding carboxylic acids is 1. The van der Waals surface area contributed by atoms with E-state index in [1.165, 1.54) is 0 Å². The summed E-state index contributed by atoms with van der Waals surface area (Å²) < 4.78 is 0. The lowest BCUT2D eigenvalue weighted by atomic mass is 10.2. The second-order valence-corrected chi connectivity index (χ2v) is 7.16. The van der Waals surface area contributed by atoms with Gasteiger partial charge in [-0.1, -0.05) is 18.2 Å². The van der Waals surface area contributed by atoms with Gasteiger partial charge in [-0.25, -0.2) is 0 Å². The standard InChI is InChI=1S/C21H28N4O2/c1-16-7-6-8-18(22-16)15-23(3)17(2)21(27)25-13-11-24(12-14-25)19-9-4-5-10-20(19)26/h4-10,17,26H,11-15H2,1-3H3/t17-/m0/s1. The van der Waals surface area contributed by atoms with Crippen LogP contribution in [0.5, 0.6) is 5.75 Å². The van der Waals surface area contributed by atoms with Crippen LogP contribution in [0.15, 0.2) is 42.5 Å². The summed E-state index contributed by atoms with van der Waals surface area (Å²) in [6, 6.07) is 13.1. The first-order valence-electron chi connectivity index (χ1n) is 9.40. The molecule has 0 aliphatic carbocycles. The zero-order valence-corrected chi connectivity index (χ0v) is 16.3. The topological polar surface area (TPSA) is 59.9 Å². The fourth-order valence-electron chi connectivity index (χ4n) is 3.43. The summed E-state index contributed by atoms with van der Waals surface area (Å²) in [4.78, 5) is 23.5. The normalized spacial score (nSPS) is 15.9. The van der Waals surface area contributed by atoms with Crippen molar-refractivity contribution in [2.45, 2.75) is 26.4 Å². The summed E-state index contributed by atoms with van der Waals surface area (Å²) in [5, 5.41) is 10.0. The Balaban J connectivity index is 1.56. The number of pyridine rings is 1. The van der Waals surface area contributed by atoms with Crippen LogP contribution >= 0.6 is 0 Å². The molecule has 1 fully saturated rings. The van der Waals surface area contributed by atoms with Gasteiger partial charge in [0.25, 0.3) is 0 Å². The maximum absolute atomic E-state index is 12.9. The van der Waals surface area contributed by atoms with Crippen LogP contribution in [-0.2, 0) is 11.3 Å². The number of phenolic OH excluding ortho intramolecular Hbond substituents is 1. The minimum atomic E-state index is -0.205. The molecule has 1 aromatic carbocycles. The minimum absolute atomic E-state index is 0.141. The maximum Gasteiger partial charge on any atom is 0.239 e. The number of piperazine rings is 1. The van der Waals surface area contributed by atoms with Crippen molar-refractivity contribution in [1.29, 1.82) is 0 Å².